The van der Waals surface area contributed by atoms with Gasteiger partial charge in [-0.3, -0.25) is 0 Å². The van der Waals surface area contributed by atoms with E-state index in [4.69, 9.17) is 11.6 Å². The first-order valence-corrected chi connectivity index (χ1v) is 8.98. The predicted molar refractivity (Wildman–Crippen MR) is 101 cm³/mol. The average Bonchev–Trinajstić information content (AvgIpc) is 2.64. The Kier molecular flexibility index (Phi) is 5.80. The van der Waals surface area contributed by atoms with Gasteiger partial charge in [0.15, 0.2) is 0 Å². The molecular weight excluding hydrogens is 352 g/mol. The molecule has 0 unspecified atom stereocenters. The van der Waals surface area contributed by atoms with Crippen LogP contribution in [0.3, 0.4) is 0 Å². The lowest BCUT2D eigenvalue weighted by atomic mass is 9.79. The van der Waals surface area contributed by atoms with Gasteiger partial charge < -0.3 is 20.4 Å². The zero-order chi connectivity index (χ0) is 18.8. The fourth-order valence-electron chi connectivity index (χ4n) is 3.35. The highest BCUT2D eigenvalue weighted by Crippen LogP contribution is 2.34. The third kappa shape index (κ3) is 3.85. The summed E-state index contributed by atoms with van der Waals surface area (Å²) >= 11 is 6.35. The monoisotopic (exact) mass is 374 g/mol. The van der Waals surface area contributed by atoms with E-state index < -0.39 is 24.2 Å². The second-order valence-electron chi connectivity index (χ2n) is 6.86. The highest BCUT2D eigenvalue weighted by atomic mass is 35.5. The second kappa shape index (κ2) is 7.91. The lowest BCUT2D eigenvalue weighted by Gasteiger charge is -2.34. The summed E-state index contributed by atoms with van der Waals surface area (Å²) in [6, 6.07) is 13.7. The van der Waals surface area contributed by atoms with Crippen LogP contribution in [-0.4, -0.2) is 45.3 Å². The number of hydrogen-bond acceptors (Lipinski definition) is 4. The molecule has 2 aromatic rings. The molecule has 138 valence electrons. The molecule has 26 heavy (non-hydrogen) atoms. The molecule has 1 aliphatic carbocycles. The van der Waals surface area contributed by atoms with Gasteiger partial charge in [-0.15, -0.1) is 0 Å². The Balaban J connectivity index is 1.93. The molecule has 0 fully saturated rings. The number of benzene rings is 2. The molecule has 0 bridgehead atoms. The number of hydrogen-bond donors (Lipinski definition) is 4. The summed E-state index contributed by atoms with van der Waals surface area (Å²) in [4.78, 5) is 0. The Hall–Kier alpha value is -1.69. The van der Waals surface area contributed by atoms with Crippen LogP contribution in [-0.2, 0) is 6.42 Å². The molecule has 0 saturated carbocycles. The normalized spacial score (nSPS) is 25.8. The Morgan fingerprint density at radius 1 is 0.962 bits per heavy atom. The number of aliphatic hydroxyl groups is 4. The summed E-state index contributed by atoms with van der Waals surface area (Å²) in [5.74, 6) is -0.524. The number of aliphatic hydroxyl groups excluding tert-OH is 4. The Morgan fingerprint density at radius 2 is 1.65 bits per heavy atom. The fraction of sp³-hybridized carbons (Fsp3) is 0.333. The fourth-order valence-corrected chi connectivity index (χ4v) is 3.53. The average molecular weight is 375 g/mol. The summed E-state index contributed by atoms with van der Waals surface area (Å²) in [5.41, 5.74) is 4.32. The van der Waals surface area contributed by atoms with Crippen LogP contribution in [0.25, 0.3) is 0 Å². The van der Waals surface area contributed by atoms with E-state index in [1.165, 1.54) is 5.56 Å². The molecule has 0 saturated heterocycles. The minimum atomic E-state index is -1.34. The molecule has 4 nitrogen and oxygen atoms in total. The molecule has 0 radical (unpaired) electrons. The first-order valence-electron chi connectivity index (χ1n) is 8.60. The lowest BCUT2D eigenvalue weighted by Crippen LogP contribution is -2.45. The molecule has 0 aliphatic heterocycles. The first-order chi connectivity index (χ1) is 12.4. The quantitative estimate of drug-likeness (QED) is 0.619. The van der Waals surface area contributed by atoms with E-state index in [2.05, 4.69) is 12.1 Å². The van der Waals surface area contributed by atoms with Crippen LogP contribution in [0.1, 0.15) is 28.2 Å². The molecular formula is C21H23ClO4. The second-order valence-corrected chi connectivity index (χ2v) is 7.27. The standard InChI is InChI=1S/C21H23ClO4/c1-12-2-4-13(5-3-12)8-15-9-14(6-7-18(15)22)17-10-16(11-23)19(24)21(26)20(17)25/h2-7,9-10,17,19-21,23-26H,8,11H2,1H3/t17-,19-,20+,21+/m1/s1. The minimum Gasteiger partial charge on any atom is -0.392 e. The van der Waals surface area contributed by atoms with Crippen LogP contribution < -0.4 is 0 Å². The third-order valence-electron chi connectivity index (χ3n) is 4.97. The van der Waals surface area contributed by atoms with E-state index in [1.54, 1.807) is 18.2 Å². The minimum absolute atomic E-state index is 0.308. The van der Waals surface area contributed by atoms with Crippen molar-refractivity contribution in [3.63, 3.8) is 0 Å². The Morgan fingerprint density at radius 3 is 2.31 bits per heavy atom. The van der Waals surface area contributed by atoms with Crippen molar-refractivity contribution in [1.29, 1.82) is 0 Å². The molecule has 4 atom stereocenters. The zero-order valence-electron chi connectivity index (χ0n) is 14.5. The van der Waals surface area contributed by atoms with E-state index in [-0.39, 0.29) is 6.61 Å². The highest BCUT2D eigenvalue weighted by molar-refractivity contribution is 6.31. The van der Waals surface area contributed by atoms with Crippen molar-refractivity contribution in [2.75, 3.05) is 6.61 Å². The molecule has 0 heterocycles. The number of halogens is 1. The molecule has 0 amide bonds. The highest BCUT2D eigenvalue weighted by Gasteiger charge is 2.37. The van der Waals surface area contributed by atoms with Crippen molar-refractivity contribution in [2.45, 2.75) is 37.6 Å². The zero-order valence-corrected chi connectivity index (χ0v) is 15.3. The van der Waals surface area contributed by atoms with Crippen molar-refractivity contribution in [2.24, 2.45) is 0 Å². The van der Waals surface area contributed by atoms with Gasteiger partial charge in [-0.25, -0.2) is 0 Å². The van der Waals surface area contributed by atoms with Crippen LogP contribution in [0.4, 0.5) is 0 Å². The van der Waals surface area contributed by atoms with Gasteiger partial charge in [-0.05, 0) is 41.7 Å². The van der Waals surface area contributed by atoms with Crippen LogP contribution >= 0.6 is 11.6 Å². The SMILES string of the molecule is Cc1ccc(Cc2cc([C@H]3C=C(CO)[C@@H](O)[C@H](O)[C@H]3O)ccc2Cl)cc1. The summed E-state index contributed by atoms with van der Waals surface area (Å²) < 4.78 is 0. The summed E-state index contributed by atoms with van der Waals surface area (Å²) in [5, 5.41) is 40.4. The van der Waals surface area contributed by atoms with Crippen molar-refractivity contribution in [3.05, 3.63) is 81.4 Å². The van der Waals surface area contributed by atoms with Gasteiger partial charge >= 0.3 is 0 Å². The molecule has 0 spiro atoms. The lowest BCUT2D eigenvalue weighted by molar-refractivity contribution is -0.0608. The topological polar surface area (TPSA) is 80.9 Å². The van der Waals surface area contributed by atoms with Crippen molar-refractivity contribution in [3.8, 4) is 0 Å². The van der Waals surface area contributed by atoms with Gasteiger partial charge in [0.2, 0.25) is 0 Å². The van der Waals surface area contributed by atoms with Gasteiger partial charge in [0.05, 0.1) is 12.7 Å². The van der Waals surface area contributed by atoms with Crippen LogP contribution in [0.2, 0.25) is 5.02 Å². The van der Waals surface area contributed by atoms with E-state index >= 15 is 0 Å². The van der Waals surface area contributed by atoms with Gasteiger partial charge in [0.1, 0.15) is 12.2 Å². The van der Waals surface area contributed by atoms with Gasteiger partial charge in [0, 0.05) is 10.9 Å². The third-order valence-corrected chi connectivity index (χ3v) is 5.34. The van der Waals surface area contributed by atoms with Gasteiger partial charge in [0.25, 0.3) is 0 Å². The number of rotatable bonds is 4. The maximum Gasteiger partial charge on any atom is 0.111 e. The Labute approximate surface area is 158 Å². The molecule has 2 aromatic carbocycles. The molecule has 1 aliphatic rings. The predicted octanol–water partition coefficient (Wildman–Crippen LogP) is 2.34. The maximum atomic E-state index is 10.4. The van der Waals surface area contributed by atoms with Crippen molar-refractivity contribution >= 4 is 11.6 Å². The first kappa shape index (κ1) is 19.1. The summed E-state index contributed by atoms with van der Waals surface area (Å²) in [7, 11) is 0. The van der Waals surface area contributed by atoms with Crippen molar-refractivity contribution in [1.82, 2.24) is 0 Å². The van der Waals surface area contributed by atoms with E-state index in [0.29, 0.717) is 17.0 Å². The molecule has 0 aromatic heterocycles. The van der Waals surface area contributed by atoms with Crippen molar-refractivity contribution < 1.29 is 20.4 Å². The maximum absolute atomic E-state index is 10.4. The van der Waals surface area contributed by atoms with Gasteiger partial charge in [-0.2, -0.15) is 0 Å². The van der Waals surface area contributed by atoms with Crippen LogP contribution in [0.15, 0.2) is 54.1 Å². The van der Waals surface area contributed by atoms with E-state index in [1.807, 2.05) is 25.1 Å². The van der Waals surface area contributed by atoms with Crippen LogP contribution in [0, 0.1) is 6.92 Å². The van der Waals surface area contributed by atoms with E-state index in [9.17, 15) is 20.4 Å². The molecule has 3 rings (SSSR count). The smallest absolute Gasteiger partial charge is 0.111 e. The summed E-state index contributed by atoms with van der Waals surface area (Å²) in [6.45, 7) is 1.66. The van der Waals surface area contributed by atoms with Gasteiger partial charge in [-0.1, -0.05) is 59.6 Å². The molecule has 5 heteroatoms. The van der Waals surface area contributed by atoms with Crippen LogP contribution in [0.5, 0.6) is 0 Å². The van der Waals surface area contributed by atoms with E-state index in [0.717, 1.165) is 16.7 Å². The Bertz CT molecular complexity index is 800. The number of aryl methyl sites for hydroxylation is 1. The molecule has 4 N–H and O–H groups in total. The largest absolute Gasteiger partial charge is 0.392 e. The summed E-state index contributed by atoms with van der Waals surface area (Å²) in [6.07, 6.45) is -1.49.